The smallest absolute Gasteiger partial charge is 0.246 e. The SMILES string of the molecule is COc1cc(CCC[C@H]2CN[C@H](C(=O)c3ccccc3)Cc3ccc(cc3)OCCCC[C@@H]2C(=O)NO)cc(OC)c1. The number of nitrogens with one attached hydrogen (secondary N) is 2. The van der Waals surface area contributed by atoms with Crippen LogP contribution in [0.1, 0.15) is 53.6 Å². The zero-order valence-electron chi connectivity index (χ0n) is 24.5. The van der Waals surface area contributed by atoms with Crippen molar-refractivity contribution >= 4 is 11.7 Å². The van der Waals surface area contributed by atoms with Gasteiger partial charge in [0.2, 0.25) is 5.91 Å². The monoisotopic (exact) mass is 574 g/mol. The highest BCUT2D eigenvalue weighted by Crippen LogP contribution is 2.28. The highest BCUT2D eigenvalue weighted by atomic mass is 16.5. The van der Waals surface area contributed by atoms with Crippen LogP contribution in [0.15, 0.2) is 72.8 Å². The number of rotatable bonds is 9. The summed E-state index contributed by atoms with van der Waals surface area (Å²) < 4.78 is 16.8. The molecule has 3 N–H and O–H groups in total. The van der Waals surface area contributed by atoms with Crippen LogP contribution >= 0.6 is 0 Å². The number of benzene rings is 3. The molecule has 2 bridgehead atoms. The Labute approximate surface area is 248 Å². The number of ether oxygens (including phenoxy) is 3. The number of hydrogen-bond donors (Lipinski definition) is 3. The average Bonchev–Trinajstić information content (AvgIpc) is 3.04. The number of Topliss-reactive ketones (excluding diaryl/α,β-unsaturated/α-hetero) is 1. The third kappa shape index (κ3) is 8.81. The van der Waals surface area contributed by atoms with Gasteiger partial charge in [-0.2, -0.15) is 0 Å². The van der Waals surface area contributed by atoms with E-state index in [1.165, 1.54) is 0 Å². The largest absolute Gasteiger partial charge is 0.497 e. The number of fused-ring (bicyclic) bond motifs is 12. The average molecular weight is 575 g/mol. The molecular formula is C34H42N2O6. The molecule has 0 spiro atoms. The molecule has 8 nitrogen and oxygen atoms in total. The Hall–Kier alpha value is -3.88. The molecule has 3 atom stereocenters. The summed E-state index contributed by atoms with van der Waals surface area (Å²) in [7, 11) is 3.26. The number of aryl methyl sites for hydroxylation is 1. The fraction of sp³-hybridized carbons (Fsp3) is 0.412. The van der Waals surface area contributed by atoms with Crippen molar-refractivity contribution in [2.24, 2.45) is 11.8 Å². The molecule has 0 radical (unpaired) electrons. The van der Waals surface area contributed by atoms with E-state index in [2.05, 4.69) is 5.32 Å². The van der Waals surface area contributed by atoms with Crippen molar-refractivity contribution in [3.63, 3.8) is 0 Å². The molecule has 2 aliphatic heterocycles. The number of ketones is 1. The van der Waals surface area contributed by atoms with Crippen molar-refractivity contribution < 1.29 is 29.0 Å². The van der Waals surface area contributed by atoms with Gasteiger partial charge in [-0.1, -0.05) is 42.5 Å². The molecule has 2 heterocycles. The maximum absolute atomic E-state index is 13.7. The minimum Gasteiger partial charge on any atom is -0.497 e. The first-order valence-corrected chi connectivity index (χ1v) is 14.7. The number of amides is 1. The van der Waals surface area contributed by atoms with Gasteiger partial charge in [-0.05, 0) is 92.8 Å². The number of hydrogen-bond acceptors (Lipinski definition) is 7. The van der Waals surface area contributed by atoms with Gasteiger partial charge in [-0.25, -0.2) is 5.48 Å². The maximum atomic E-state index is 13.7. The Kier molecular flexibility index (Phi) is 11.8. The molecule has 42 heavy (non-hydrogen) atoms. The van der Waals surface area contributed by atoms with E-state index < -0.39 is 17.9 Å². The quantitative estimate of drug-likeness (QED) is 0.178. The Morgan fingerprint density at radius 3 is 2.36 bits per heavy atom. The fourth-order valence-corrected chi connectivity index (χ4v) is 5.66. The molecule has 1 amide bonds. The molecular weight excluding hydrogens is 532 g/mol. The first-order valence-electron chi connectivity index (χ1n) is 14.7. The van der Waals surface area contributed by atoms with E-state index in [1.807, 2.05) is 78.3 Å². The van der Waals surface area contributed by atoms with Crippen LogP contribution in [0.5, 0.6) is 17.2 Å². The molecule has 0 saturated heterocycles. The number of hydroxylamine groups is 1. The molecule has 0 fully saturated rings. The van der Waals surface area contributed by atoms with Gasteiger partial charge in [0.15, 0.2) is 5.78 Å². The molecule has 0 unspecified atom stereocenters. The maximum Gasteiger partial charge on any atom is 0.246 e. The van der Waals surface area contributed by atoms with E-state index in [4.69, 9.17) is 14.2 Å². The molecule has 0 saturated carbocycles. The molecule has 0 aromatic heterocycles. The minimum atomic E-state index is -0.479. The highest BCUT2D eigenvalue weighted by Gasteiger charge is 2.30. The first-order chi connectivity index (χ1) is 20.5. The van der Waals surface area contributed by atoms with Crippen molar-refractivity contribution in [2.45, 2.75) is 51.0 Å². The fourth-order valence-electron chi connectivity index (χ4n) is 5.66. The van der Waals surface area contributed by atoms with Gasteiger partial charge in [-0.15, -0.1) is 0 Å². The van der Waals surface area contributed by atoms with Gasteiger partial charge in [0.25, 0.3) is 0 Å². The van der Waals surface area contributed by atoms with Crippen LogP contribution in [0.2, 0.25) is 0 Å². The number of methoxy groups -OCH3 is 2. The second-order valence-corrected chi connectivity index (χ2v) is 10.8. The van der Waals surface area contributed by atoms with Crippen molar-refractivity contribution in [1.29, 1.82) is 0 Å². The molecule has 0 aliphatic carbocycles. The standard InChI is InChI=1S/C34H42N2O6/c1-40-29-19-25(20-30(22-29)41-2)9-8-12-27-23-35-32(33(37)26-10-4-3-5-11-26)21-24-14-16-28(17-15-24)42-18-7-6-13-31(27)34(38)36-39/h3-5,10-11,14-17,19-20,22,27,31-32,35,39H,6-9,12-13,18,21,23H2,1-2H3,(H,36,38)/t27-,31-,32-/m0/s1. The van der Waals surface area contributed by atoms with Gasteiger partial charge in [0.1, 0.15) is 17.2 Å². The molecule has 3 aromatic rings. The summed E-state index contributed by atoms with van der Waals surface area (Å²) in [5.74, 6) is 1.32. The third-order valence-electron chi connectivity index (χ3n) is 8.01. The molecule has 224 valence electrons. The van der Waals surface area contributed by atoms with Crippen molar-refractivity contribution in [3.05, 3.63) is 89.5 Å². The summed E-state index contributed by atoms with van der Waals surface area (Å²) in [4.78, 5) is 26.6. The van der Waals surface area contributed by atoms with Crippen LogP contribution in [-0.4, -0.2) is 50.3 Å². The van der Waals surface area contributed by atoms with E-state index >= 15 is 0 Å². The van der Waals surface area contributed by atoms with Crippen molar-refractivity contribution in [3.8, 4) is 17.2 Å². The predicted octanol–water partition coefficient (Wildman–Crippen LogP) is 5.41. The zero-order valence-corrected chi connectivity index (χ0v) is 24.5. The lowest BCUT2D eigenvalue weighted by molar-refractivity contribution is -0.135. The van der Waals surface area contributed by atoms with Gasteiger partial charge in [0.05, 0.1) is 26.9 Å². The van der Waals surface area contributed by atoms with Crippen molar-refractivity contribution in [2.75, 3.05) is 27.4 Å². The second-order valence-electron chi connectivity index (χ2n) is 10.8. The van der Waals surface area contributed by atoms with Crippen LogP contribution in [0.25, 0.3) is 0 Å². The van der Waals surface area contributed by atoms with E-state index in [0.29, 0.717) is 31.6 Å². The van der Waals surface area contributed by atoms with E-state index in [1.54, 1.807) is 14.2 Å². The molecule has 3 aromatic carbocycles. The number of carbonyl (C=O) groups excluding carboxylic acids is 2. The van der Waals surface area contributed by atoms with Gasteiger partial charge in [-0.3, -0.25) is 14.8 Å². The molecule has 8 heteroatoms. The van der Waals surface area contributed by atoms with E-state index in [-0.39, 0.29) is 11.7 Å². The lowest BCUT2D eigenvalue weighted by Gasteiger charge is -2.28. The van der Waals surface area contributed by atoms with Crippen LogP contribution < -0.4 is 25.0 Å². The summed E-state index contributed by atoms with van der Waals surface area (Å²) in [6, 6.07) is 22.5. The lowest BCUT2D eigenvalue weighted by atomic mass is 9.82. The predicted molar refractivity (Wildman–Crippen MR) is 161 cm³/mol. The Morgan fingerprint density at radius 2 is 1.69 bits per heavy atom. The third-order valence-corrected chi connectivity index (χ3v) is 8.01. The zero-order chi connectivity index (χ0) is 29.7. The molecule has 2 aliphatic rings. The molecule has 5 rings (SSSR count). The van der Waals surface area contributed by atoms with Crippen LogP contribution in [0, 0.1) is 11.8 Å². The second kappa shape index (κ2) is 15.9. The first kappa shape index (κ1) is 31.1. The summed E-state index contributed by atoms with van der Waals surface area (Å²) in [5.41, 5.74) is 4.65. The lowest BCUT2D eigenvalue weighted by Crippen LogP contribution is -2.44. The topological polar surface area (TPSA) is 106 Å². The number of carbonyl (C=O) groups is 2. The van der Waals surface area contributed by atoms with Gasteiger partial charge in [0, 0.05) is 17.5 Å². The summed E-state index contributed by atoms with van der Waals surface area (Å²) in [5, 5.41) is 13.2. The van der Waals surface area contributed by atoms with Crippen molar-refractivity contribution in [1.82, 2.24) is 10.8 Å². The van der Waals surface area contributed by atoms with Crippen LogP contribution in [-0.2, 0) is 17.6 Å². The van der Waals surface area contributed by atoms with E-state index in [9.17, 15) is 14.8 Å². The van der Waals surface area contributed by atoms with Gasteiger partial charge >= 0.3 is 0 Å². The minimum absolute atomic E-state index is 0.00521. The Morgan fingerprint density at radius 1 is 0.976 bits per heavy atom. The summed E-state index contributed by atoms with van der Waals surface area (Å²) in [6.07, 6.45) is 4.96. The van der Waals surface area contributed by atoms with Gasteiger partial charge < -0.3 is 19.5 Å². The summed E-state index contributed by atoms with van der Waals surface area (Å²) >= 11 is 0. The van der Waals surface area contributed by atoms with Crippen LogP contribution in [0.3, 0.4) is 0 Å². The Bertz CT molecular complexity index is 1260. The normalized spacial score (nSPS) is 19.5. The highest BCUT2D eigenvalue weighted by molar-refractivity contribution is 6.00. The Balaban J connectivity index is 1.57. The summed E-state index contributed by atoms with van der Waals surface area (Å²) in [6.45, 7) is 1.000. The van der Waals surface area contributed by atoms with Crippen LogP contribution in [0.4, 0.5) is 0 Å². The van der Waals surface area contributed by atoms with E-state index in [0.717, 1.165) is 60.5 Å².